The summed E-state index contributed by atoms with van der Waals surface area (Å²) in [5.74, 6) is -1.56. The van der Waals surface area contributed by atoms with Gasteiger partial charge in [0.25, 0.3) is 0 Å². The smallest absolute Gasteiger partial charge is 0.246 e. The lowest BCUT2D eigenvalue weighted by Gasteiger charge is -2.25. The molecule has 1 rings (SSSR count). The standard InChI is InChI=1S/C9H13NO3/c11-8(4-5-9(12)13)10-6-2-1-3-7-10/h4-5H,1-3,6-7H2,(H,12,13)/p-1. The van der Waals surface area contributed by atoms with Gasteiger partial charge in [0.1, 0.15) is 0 Å². The molecule has 0 unspecified atom stereocenters. The van der Waals surface area contributed by atoms with Crippen LogP contribution in [0.5, 0.6) is 0 Å². The first-order chi connectivity index (χ1) is 6.20. The summed E-state index contributed by atoms with van der Waals surface area (Å²) in [5, 5.41) is 10.0. The van der Waals surface area contributed by atoms with Crippen LogP contribution in [0.4, 0.5) is 0 Å². The second-order valence-corrected chi connectivity index (χ2v) is 3.04. The summed E-state index contributed by atoms with van der Waals surface area (Å²) >= 11 is 0. The average Bonchev–Trinajstić information content (AvgIpc) is 2.15. The van der Waals surface area contributed by atoms with Crippen LogP contribution in [0.3, 0.4) is 0 Å². The molecular weight excluding hydrogens is 170 g/mol. The van der Waals surface area contributed by atoms with Gasteiger partial charge >= 0.3 is 0 Å². The number of hydrogen-bond donors (Lipinski definition) is 0. The van der Waals surface area contributed by atoms with Crippen LogP contribution in [0.1, 0.15) is 19.3 Å². The number of carbonyl (C=O) groups is 2. The predicted molar refractivity (Wildman–Crippen MR) is 44.6 cm³/mol. The zero-order valence-corrected chi connectivity index (χ0v) is 7.36. The molecule has 1 fully saturated rings. The second-order valence-electron chi connectivity index (χ2n) is 3.04. The van der Waals surface area contributed by atoms with Gasteiger partial charge in [-0.1, -0.05) is 0 Å². The molecule has 1 saturated heterocycles. The third kappa shape index (κ3) is 3.27. The quantitative estimate of drug-likeness (QED) is 0.531. The van der Waals surface area contributed by atoms with Crippen LogP contribution in [0.25, 0.3) is 0 Å². The third-order valence-corrected chi connectivity index (χ3v) is 2.03. The highest BCUT2D eigenvalue weighted by molar-refractivity contribution is 5.93. The van der Waals surface area contributed by atoms with E-state index in [1.165, 1.54) is 0 Å². The molecule has 0 saturated carbocycles. The monoisotopic (exact) mass is 182 g/mol. The van der Waals surface area contributed by atoms with Crippen molar-refractivity contribution in [1.82, 2.24) is 4.90 Å². The summed E-state index contributed by atoms with van der Waals surface area (Å²) in [6.45, 7) is 1.46. The van der Waals surface area contributed by atoms with Crippen LogP contribution in [0.15, 0.2) is 12.2 Å². The first-order valence-corrected chi connectivity index (χ1v) is 4.38. The summed E-state index contributed by atoms with van der Waals surface area (Å²) in [6, 6.07) is 0. The first-order valence-electron chi connectivity index (χ1n) is 4.38. The van der Waals surface area contributed by atoms with Gasteiger partial charge in [0.2, 0.25) is 5.91 Å². The summed E-state index contributed by atoms with van der Waals surface area (Å²) in [4.78, 5) is 22.9. The number of amides is 1. The van der Waals surface area contributed by atoms with E-state index in [1.54, 1.807) is 4.90 Å². The van der Waals surface area contributed by atoms with E-state index < -0.39 is 5.97 Å². The fourth-order valence-corrected chi connectivity index (χ4v) is 1.36. The van der Waals surface area contributed by atoms with Gasteiger partial charge < -0.3 is 14.8 Å². The summed E-state index contributed by atoms with van der Waals surface area (Å²) in [6.07, 6.45) is 4.99. The van der Waals surface area contributed by atoms with E-state index in [2.05, 4.69) is 0 Å². The van der Waals surface area contributed by atoms with Gasteiger partial charge in [0.15, 0.2) is 0 Å². The number of nitrogens with zero attached hydrogens (tertiary/aromatic N) is 1. The molecule has 4 nitrogen and oxygen atoms in total. The number of piperidine rings is 1. The molecule has 72 valence electrons. The zero-order valence-electron chi connectivity index (χ0n) is 7.36. The lowest BCUT2D eigenvalue weighted by Crippen LogP contribution is -2.34. The molecule has 4 heteroatoms. The maximum atomic E-state index is 11.3. The van der Waals surface area contributed by atoms with E-state index in [0.717, 1.165) is 44.5 Å². The number of carboxylic acids is 1. The van der Waals surface area contributed by atoms with E-state index in [1.807, 2.05) is 0 Å². The highest BCUT2D eigenvalue weighted by atomic mass is 16.4. The van der Waals surface area contributed by atoms with E-state index >= 15 is 0 Å². The predicted octanol–water partition coefficient (Wildman–Crippen LogP) is -0.695. The molecule has 0 radical (unpaired) electrons. The normalized spacial score (nSPS) is 17.7. The van der Waals surface area contributed by atoms with E-state index in [0.29, 0.717) is 0 Å². The highest BCUT2D eigenvalue weighted by Crippen LogP contribution is 2.08. The van der Waals surface area contributed by atoms with Crippen molar-refractivity contribution in [3.63, 3.8) is 0 Å². The molecule has 0 aromatic rings. The van der Waals surface area contributed by atoms with Crippen LogP contribution in [-0.4, -0.2) is 29.9 Å². The van der Waals surface area contributed by atoms with Gasteiger partial charge in [-0.25, -0.2) is 0 Å². The molecule has 1 amide bonds. The van der Waals surface area contributed by atoms with Gasteiger partial charge in [0.05, 0.1) is 5.97 Å². The van der Waals surface area contributed by atoms with Crippen LogP contribution in [-0.2, 0) is 9.59 Å². The molecule has 0 N–H and O–H groups in total. The van der Waals surface area contributed by atoms with E-state index in [-0.39, 0.29) is 5.91 Å². The number of rotatable bonds is 2. The molecular formula is C9H12NO3-. The van der Waals surface area contributed by atoms with E-state index in [9.17, 15) is 14.7 Å². The molecule has 1 heterocycles. The molecule has 0 bridgehead atoms. The Morgan fingerprint density at radius 3 is 2.23 bits per heavy atom. The van der Waals surface area contributed by atoms with Crippen molar-refractivity contribution in [2.24, 2.45) is 0 Å². The minimum atomic E-state index is -1.33. The Morgan fingerprint density at radius 2 is 1.69 bits per heavy atom. The number of carboxylic acid groups (broad SMARTS) is 1. The average molecular weight is 182 g/mol. The van der Waals surface area contributed by atoms with Crippen LogP contribution in [0, 0.1) is 0 Å². The Hall–Kier alpha value is -1.32. The fourth-order valence-electron chi connectivity index (χ4n) is 1.36. The topological polar surface area (TPSA) is 60.4 Å². The largest absolute Gasteiger partial charge is 0.545 e. The Labute approximate surface area is 76.8 Å². The van der Waals surface area contributed by atoms with Crippen molar-refractivity contribution < 1.29 is 14.7 Å². The van der Waals surface area contributed by atoms with Crippen molar-refractivity contribution in [3.05, 3.63) is 12.2 Å². The van der Waals surface area contributed by atoms with Crippen LogP contribution >= 0.6 is 0 Å². The summed E-state index contributed by atoms with van der Waals surface area (Å²) in [5.41, 5.74) is 0. The van der Waals surface area contributed by atoms with Gasteiger partial charge in [-0.3, -0.25) is 4.79 Å². The van der Waals surface area contributed by atoms with E-state index in [4.69, 9.17) is 0 Å². The minimum Gasteiger partial charge on any atom is -0.545 e. The number of likely N-dealkylation sites (tertiary alicyclic amines) is 1. The summed E-state index contributed by atoms with van der Waals surface area (Å²) < 4.78 is 0. The molecule has 0 aromatic heterocycles. The Kier molecular flexibility index (Phi) is 3.49. The van der Waals surface area contributed by atoms with Crippen molar-refractivity contribution in [2.45, 2.75) is 19.3 Å². The zero-order chi connectivity index (χ0) is 9.68. The molecule has 13 heavy (non-hydrogen) atoms. The first kappa shape index (κ1) is 9.77. The Balaban J connectivity index is 2.41. The molecule has 0 spiro atoms. The number of hydrogen-bond acceptors (Lipinski definition) is 3. The van der Waals surface area contributed by atoms with Crippen molar-refractivity contribution in [2.75, 3.05) is 13.1 Å². The maximum absolute atomic E-state index is 11.3. The van der Waals surface area contributed by atoms with Crippen molar-refractivity contribution >= 4 is 11.9 Å². The molecule has 0 aromatic carbocycles. The fraction of sp³-hybridized carbons (Fsp3) is 0.556. The highest BCUT2D eigenvalue weighted by Gasteiger charge is 2.13. The lowest BCUT2D eigenvalue weighted by atomic mass is 10.1. The SMILES string of the molecule is O=C([O-])C=CC(=O)N1CCCCC1. The van der Waals surface area contributed by atoms with Crippen molar-refractivity contribution in [3.8, 4) is 0 Å². The number of aliphatic carboxylic acids is 1. The third-order valence-electron chi connectivity index (χ3n) is 2.03. The molecule has 0 atom stereocenters. The second kappa shape index (κ2) is 4.64. The minimum absolute atomic E-state index is 0.232. The lowest BCUT2D eigenvalue weighted by molar-refractivity contribution is -0.297. The van der Waals surface area contributed by atoms with Gasteiger partial charge in [-0.15, -0.1) is 0 Å². The Bertz CT molecular complexity index is 229. The van der Waals surface area contributed by atoms with Crippen LogP contribution in [0.2, 0.25) is 0 Å². The molecule has 0 aliphatic carbocycles. The van der Waals surface area contributed by atoms with Gasteiger partial charge in [-0.2, -0.15) is 0 Å². The summed E-state index contributed by atoms with van der Waals surface area (Å²) in [7, 11) is 0. The van der Waals surface area contributed by atoms with Gasteiger partial charge in [-0.05, 0) is 25.3 Å². The molecule has 1 aliphatic rings. The van der Waals surface area contributed by atoms with Crippen LogP contribution < -0.4 is 5.11 Å². The Morgan fingerprint density at radius 1 is 1.08 bits per heavy atom. The molecule has 1 aliphatic heterocycles. The number of carbonyl (C=O) groups excluding carboxylic acids is 2. The van der Waals surface area contributed by atoms with Gasteiger partial charge in [0, 0.05) is 19.2 Å². The van der Waals surface area contributed by atoms with Crippen molar-refractivity contribution in [1.29, 1.82) is 0 Å². The maximum Gasteiger partial charge on any atom is 0.246 e.